The molecule has 0 saturated heterocycles. The highest BCUT2D eigenvalue weighted by atomic mass is 19.1. The summed E-state index contributed by atoms with van der Waals surface area (Å²) < 4.78 is 23.9. The minimum atomic E-state index is -0.395. The number of hydrogen-bond donors (Lipinski definition) is 1. The molecular formula is C22H22FNO4. The predicted molar refractivity (Wildman–Crippen MR) is 106 cm³/mol. The molecule has 1 heterocycles. The largest absolute Gasteiger partial charge is 0.483 e. The van der Waals surface area contributed by atoms with Crippen LogP contribution in [0.4, 0.5) is 10.1 Å². The van der Waals surface area contributed by atoms with Crippen molar-refractivity contribution in [3.63, 3.8) is 0 Å². The molecule has 2 aromatic carbocycles. The lowest BCUT2D eigenvalue weighted by atomic mass is 10.0. The molecule has 0 bridgehead atoms. The first kappa shape index (κ1) is 19.6. The zero-order chi connectivity index (χ0) is 20.1. The third-order valence-electron chi connectivity index (χ3n) is 4.48. The topological polar surface area (TPSA) is 68.5 Å². The van der Waals surface area contributed by atoms with E-state index >= 15 is 0 Å². The molecule has 0 atom stereocenters. The number of nitrogens with one attached hydrogen (secondary N) is 1. The van der Waals surface area contributed by atoms with Crippen LogP contribution in [0.5, 0.6) is 5.75 Å². The van der Waals surface area contributed by atoms with Crippen LogP contribution in [-0.4, -0.2) is 12.5 Å². The SMILES string of the molecule is CCCCc1cc(=O)oc2c(C)c(OCC(=O)Nc3ccc(F)cc3)ccc12. The molecule has 0 aliphatic carbocycles. The smallest absolute Gasteiger partial charge is 0.336 e. The van der Waals surface area contributed by atoms with Crippen molar-refractivity contribution < 1.29 is 18.3 Å². The van der Waals surface area contributed by atoms with Crippen molar-refractivity contribution in [1.82, 2.24) is 0 Å². The first-order chi connectivity index (χ1) is 13.5. The van der Waals surface area contributed by atoms with E-state index in [1.807, 2.05) is 6.07 Å². The number of anilines is 1. The molecule has 146 valence electrons. The second-order valence-corrected chi connectivity index (χ2v) is 6.60. The summed E-state index contributed by atoms with van der Waals surface area (Å²) in [6.45, 7) is 3.67. The summed E-state index contributed by atoms with van der Waals surface area (Å²) in [7, 11) is 0. The Morgan fingerprint density at radius 2 is 1.93 bits per heavy atom. The van der Waals surface area contributed by atoms with E-state index in [1.165, 1.54) is 30.3 Å². The molecule has 1 amide bonds. The van der Waals surface area contributed by atoms with Crippen LogP contribution in [-0.2, 0) is 11.2 Å². The number of halogens is 1. The summed E-state index contributed by atoms with van der Waals surface area (Å²) >= 11 is 0. The Hall–Kier alpha value is -3.15. The van der Waals surface area contributed by atoms with Crippen molar-refractivity contribution in [2.24, 2.45) is 0 Å². The molecule has 1 N–H and O–H groups in total. The van der Waals surface area contributed by atoms with Crippen molar-refractivity contribution in [1.29, 1.82) is 0 Å². The van der Waals surface area contributed by atoms with Gasteiger partial charge in [-0.05, 0) is 61.7 Å². The molecule has 0 unspecified atom stereocenters. The average Bonchev–Trinajstić information content (AvgIpc) is 2.68. The number of hydrogen-bond acceptors (Lipinski definition) is 4. The lowest BCUT2D eigenvalue weighted by Gasteiger charge is -2.12. The van der Waals surface area contributed by atoms with Crippen LogP contribution >= 0.6 is 0 Å². The highest BCUT2D eigenvalue weighted by Crippen LogP contribution is 2.29. The van der Waals surface area contributed by atoms with E-state index in [1.54, 1.807) is 13.0 Å². The van der Waals surface area contributed by atoms with Gasteiger partial charge in [0.1, 0.15) is 17.1 Å². The van der Waals surface area contributed by atoms with Crippen LogP contribution in [0.2, 0.25) is 0 Å². The van der Waals surface area contributed by atoms with E-state index in [2.05, 4.69) is 12.2 Å². The summed E-state index contributed by atoms with van der Waals surface area (Å²) in [6.07, 6.45) is 2.82. The molecule has 6 heteroatoms. The van der Waals surface area contributed by atoms with Gasteiger partial charge in [-0.3, -0.25) is 4.79 Å². The second-order valence-electron chi connectivity index (χ2n) is 6.60. The van der Waals surface area contributed by atoms with Crippen LogP contribution < -0.4 is 15.7 Å². The fraction of sp³-hybridized carbons (Fsp3) is 0.273. The summed E-state index contributed by atoms with van der Waals surface area (Å²) in [5, 5.41) is 3.52. The van der Waals surface area contributed by atoms with Gasteiger partial charge in [-0.25, -0.2) is 9.18 Å². The van der Waals surface area contributed by atoms with E-state index in [9.17, 15) is 14.0 Å². The zero-order valence-electron chi connectivity index (χ0n) is 15.9. The first-order valence-electron chi connectivity index (χ1n) is 9.22. The molecule has 1 aromatic heterocycles. The van der Waals surface area contributed by atoms with E-state index < -0.39 is 5.63 Å². The minimum Gasteiger partial charge on any atom is -0.483 e. The molecule has 0 aliphatic heterocycles. The standard InChI is InChI=1S/C22H22FNO4/c1-3-4-5-15-12-21(26)28-22-14(2)19(11-10-18(15)22)27-13-20(25)24-17-8-6-16(23)7-9-17/h6-12H,3-5,13H2,1-2H3,(H,24,25). The van der Waals surface area contributed by atoms with Gasteiger partial charge in [0.25, 0.3) is 5.91 Å². The average molecular weight is 383 g/mol. The second kappa shape index (κ2) is 8.69. The third kappa shape index (κ3) is 4.57. The van der Waals surface area contributed by atoms with Gasteiger partial charge in [0.15, 0.2) is 6.61 Å². The van der Waals surface area contributed by atoms with Crippen molar-refractivity contribution >= 4 is 22.6 Å². The fourth-order valence-electron chi connectivity index (χ4n) is 3.01. The lowest BCUT2D eigenvalue weighted by Crippen LogP contribution is -2.20. The molecular weight excluding hydrogens is 361 g/mol. The lowest BCUT2D eigenvalue weighted by molar-refractivity contribution is -0.118. The number of carbonyl (C=O) groups is 1. The van der Waals surface area contributed by atoms with Crippen molar-refractivity contribution in [2.75, 3.05) is 11.9 Å². The van der Waals surface area contributed by atoms with Crippen LogP contribution in [0, 0.1) is 12.7 Å². The molecule has 3 rings (SSSR count). The number of fused-ring (bicyclic) bond motifs is 1. The number of rotatable bonds is 7. The summed E-state index contributed by atoms with van der Waals surface area (Å²) in [4.78, 5) is 24.0. The molecule has 0 fully saturated rings. The Labute approximate surface area is 162 Å². The molecule has 0 radical (unpaired) electrons. The van der Waals surface area contributed by atoms with Crippen molar-refractivity contribution in [3.05, 3.63) is 69.8 Å². The number of benzene rings is 2. The maximum atomic E-state index is 12.9. The molecule has 3 aromatic rings. The van der Waals surface area contributed by atoms with Crippen LogP contribution in [0.1, 0.15) is 30.9 Å². The maximum Gasteiger partial charge on any atom is 0.336 e. The highest BCUT2D eigenvalue weighted by molar-refractivity contribution is 5.92. The van der Waals surface area contributed by atoms with Crippen LogP contribution in [0.3, 0.4) is 0 Å². The fourth-order valence-corrected chi connectivity index (χ4v) is 3.01. The normalized spacial score (nSPS) is 10.8. The van der Waals surface area contributed by atoms with E-state index in [-0.39, 0.29) is 18.3 Å². The zero-order valence-corrected chi connectivity index (χ0v) is 15.9. The molecule has 0 spiro atoms. The van der Waals surface area contributed by atoms with Gasteiger partial charge < -0.3 is 14.5 Å². The Morgan fingerprint density at radius 1 is 1.18 bits per heavy atom. The van der Waals surface area contributed by atoms with E-state index in [0.717, 1.165) is 30.2 Å². The molecule has 5 nitrogen and oxygen atoms in total. The summed E-state index contributed by atoms with van der Waals surface area (Å²) in [5.41, 5.74) is 2.19. The van der Waals surface area contributed by atoms with Crippen molar-refractivity contribution in [2.45, 2.75) is 33.1 Å². The van der Waals surface area contributed by atoms with Gasteiger partial charge in [0, 0.05) is 22.7 Å². The predicted octanol–water partition coefficient (Wildman–Crippen LogP) is 4.60. The Morgan fingerprint density at radius 3 is 2.64 bits per heavy atom. The maximum absolute atomic E-state index is 12.9. The van der Waals surface area contributed by atoms with Gasteiger partial charge in [-0.15, -0.1) is 0 Å². The van der Waals surface area contributed by atoms with Gasteiger partial charge in [0.05, 0.1) is 0 Å². The third-order valence-corrected chi connectivity index (χ3v) is 4.48. The monoisotopic (exact) mass is 383 g/mol. The molecule has 28 heavy (non-hydrogen) atoms. The van der Waals surface area contributed by atoms with E-state index in [4.69, 9.17) is 9.15 Å². The molecule has 0 aliphatic rings. The summed E-state index contributed by atoms with van der Waals surface area (Å²) in [5.74, 6) is -0.275. The Bertz CT molecular complexity index is 1040. The Kier molecular flexibility index (Phi) is 6.09. The van der Waals surface area contributed by atoms with Gasteiger partial charge in [0.2, 0.25) is 0 Å². The van der Waals surface area contributed by atoms with Gasteiger partial charge >= 0.3 is 5.63 Å². The quantitative estimate of drug-likeness (QED) is 0.606. The highest BCUT2D eigenvalue weighted by Gasteiger charge is 2.13. The number of aryl methyl sites for hydroxylation is 2. The number of amides is 1. The van der Waals surface area contributed by atoms with Crippen molar-refractivity contribution in [3.8, 4) is 5.75 Å². The van der Waals surface area contributed by atoms with E-state index in [0.29, 0.717) is 22.6 Å². The minimum absolute atomic E-state index is 0.219. The number of ether oxygens (including phenoxy) is 1. The Balaban J connectivity index is 1.76. The van der Waals surface area contributed by atoms with Gasteiger partial charge in [-0.1, -0.05) is 13.3 Å². The van der Waals surface area contributed by atoms with Crippen LogP contribution in [0.15, 0.2) is 51.7 Å². The number of unbranched alkanes of at least 4 members (excludes halogenated alkanes) is 1. The summed E-state index contributed by atoms with van der Waals surface area (Å²) in [6, 6.07) is 10.6. The number of carbonyl (C=O) groups excluding carboxylic acids is 1. The first-order valence-corrected chi connectivity index (χ1v) is 9.22. The molecule has 0 saturated carbocycles. The van der Waals surface area contributed by atoms with Crippen LogP contribution in [0.25, 0.3) is 11.0 Å². The van der Waals surface area contributed by atoms with Gasteiger partial charge in [-0.2, -0.15) is 0 Å².